The molecule has 0 saturated carbocycles. The van der Waals surface area contributed by atoms with Crippen LogP contribution in [0, 0.1) is 11.3 Å². The summed E-state index contributed by atoms with van der Waals surface area (Å²) in [5.74, 6) is -0.346. The lowest BCUT2D eigenvalue weighted by Crippen LogP contribution is -2.25. The summed E-state index contributed by atoms with van der Waals surface area (Å²) in [4.78, 5) is 20.9. The van der Waals surface area contributed by atoms with Crippen LogP contribution < -0.4 is 5.32 Å². The SMILES string of the molecule is C=CC(=O)Nc1cncc(-c2cnc3c(c2)c(-c2cccc(C#N)c2)cn3C(C)OP(=O)(OC(C)(C)C)OC(C)(C)C)c1. The zero-order valence-corrected chi connectivity index (χ0v) is 26.3. The maximum Gasteiger partial charge on any atom is 0.477 e. The summed E-state index contributed by atoms with van der Waals surface area (Å²) in [6, 6.07) is 13.2. The molecule has 3 aromatic heterocycles. The molecule has 1 N–H and O–H groups in total. The lowest BCUT2D eigenvalue weighted by molar-refractivity contribution is -0.111. The van der Waals surface area contributed by atoms with Gasteiger partial charge in [-0.05, 0) is 84.4 Å². The molecule has 10 nitrogen and oxygen atoms in total. The number of nitriles is 1. The molecule has 0 radical (unpaired) electrons. The van der Waals surface area contributed by atoms with Gasteiger partial charge < -0.3 is 9.88 Å². The first-order valence-electron chi connectivity index (χ1n) is 13.7. The molecule has 224 valence electrons. The van der Waals surface area contributed by atoms with E-state index in [0.717, 1.165) is 27.6 Å². The van der Waals surface area contributed by atoms with Crippen LogP contribution in [0.25, 0.3) is 33.3 Å². The predicted octanol–water partition coefficient (Wildman–Crippen LogP) is 8.03. The maximum absolute atomic E-state index is 13.9. The van der Waals surface area contributed by atoms with Gasteiger partial charge in [0.05, 0.1) is 34.7 Å². The van der Waals surface area contributed by atoms with E-state index in [4.69, 9.17) is 18.6 Å². The molecule has 1 atom stereocenters. The molecule has 1 amide bonds. The highest BCUT2D eigenvalue weighted by molar-refractivity contribution is 7.48. The molecular weight excluding hydrogens is 565 g/mol. The van der Waals surface area contributed by atoms with Gasteiger partial charge in [-0.3, -0.25) is 23.3 Å². The second-order valence-corrected chi connectivity index (χ2v) is 13.4. The van der Waals surface area contributed by atoms with E-state index in [1.165, 1.54) is 6.08 Å². The van der Waals surface area contributed by atoms with Crippen LogP contribution in [-0.2, 0) is 22.9 Å². The molecule has 0 fully saturated rings. The van der Waals surface area contributed by atoms with Gasteiger partial charge in [-0.1, -0.05) is 18.7 Å². The Morgan fingerprint density at radius 3 is 2.35 bits per heavy atom. The van der Waals surface area contributed by atoms with Gasteiger partial charge in [0.15, 0.2) is 0 Å². The summed E-state index contributed by atoms with van der Waals surface area (Å²) in [6.45, 7) is 15.9. The topological polar surface area (TPSA) is 128 Å². The molecule has 4 rings (SSSR count). The van der Waals surface area contributed by atoms with E-state index in [0.29, 0.717) is 16.9 Å². The third-order valence-electron chi connectivity index (χ3n) is 5.94. The molecule has 0 aliphatic carbocycles. The first kappa shape index (κ1) is 31.8. The van der Waals surface area contributed by atoms with E-state index < -0.39 is 25.3 Å². The Hall–Kier alpha value is -4.13. The molecule has 0 aliphatic heterocycles. The van der Waals surface area contributed by atoms with Crippen molar-refractivity contribution < 1.29 is 22.9 Å². The minimum absolute atomic E-state index is 0.346. The molecule has 0 bridgehead atoms. The predicted molar refractivity (Wildman–Crippen MR) is 167 cm³/mol. The molecule has 1 aromatic carbocycles. The van der Waals surface area contributed by atoms with E-state index in [1.807, 2.05) is 24.4 Å². The number of hydrogen-bond donors (Lipinski definition) is 1. The average molecular weight is 602 g/mol. The summed E-state index contributed by atoms with van der Waals surface area (Å²) < 4.78 is 33.5. The van der Waals surface area contributed by atoms with Crippen molar-refractivity contribution in [2.24, 2.45) is 0 Å². The summed E-state index contributed by atoms with van der Waals surface area (Å²) in [7, 11) is -4.06. The van der Waals surface area contributed by atoms with Gasteiger partial charge in [0.25, 0.3) is 0 Å². The van der Waals surface area contributed by atoms with Gasteiger partial charge in [-0.15, -0.1) is 0 Å². The van der Waals surface area contributed by atoms with Crippen LogP contribution in [0.4, 0.5) is 5.69 Å². The molecular formula is C32H36N5O5P. The lowest BCUT2D eigenvalue weighted by Gasteiger charge is -2.32. The fraction of sp³-hybridized carbons (Fsp3) is 0.312. The van der Waals surface area contributed by atoms with Crippen LogP contribution in [0.2, 0.25) is 0 Å². The first-order valence-corrected chi connectivity index (χ1v) is 15.2. The van der Waals surface area contributed by atoms with Crippen LogP contribution in [-0.4, -0.2) is 31.6 Å². The highest BCUT2D eigenvalue weighted by Crippen LogP contribution is 2.57. The summed E-state index contributed by atoms with van der Waals surface area (Å²) in [5, 5.41) is 13.0. The number of hydrogen-bond acceptors (Lipinski definition) is 8. The van der Waals surface area contributed by atoms with Crippen molar-refractivity contribution in [2.45, 2.75) is 65.9 Å². The number of rotatable bonds is 9. The maximum atomic E-state index is 13.9. The van der Waals surface area contributed by atoms with Crippen molar-refractivity contribution in [3.8, 4) is 28.3 Å². The van der Waals surface area contributed by atoms with Crippen molar-refractivity contribution in [1.82, 2.24) is 14.5 Å². The number of amides is 1. The molecule has 3 heterocycles. The molecule has 1 unspecified atom stereocenters. The Morgan fingerprint density at radius 2 is 1.72 bits per heavy atom. The van der Waals surface area contributed by atoms with E-state index in [-0.39, 0.29) is 5.91 Å². The van der Waals surface area contributed by atoms with E-state index in [1.54, 1.807) is 89.8 Å². The highest BCUT2D eigenvalue weighted by Gasteiger charge is 2.39. The van der Waals surface area contributed by atoms with Crippen molar-refractivity contribution in [1.29, 1.82) is 5.26 Å². The van der Waals surface area contributed by atoms with Crippen LogP contribution in [0.1, 0.15) is 60.3 Å². The fourth-order valence-electron chi connectivity index (χ4n) is 4.38. The Kier molecular flexibility index (Phi) is 9.05. The first-order chi connectivity index (χ1) is 20.1. The number of nitrogens with zero attached hydrogens (tertiary/aromatic N) is 4. The number of benzene rings is 1. The largest absolute Gasteiger partial charge is 0.477 e. The quantitative estimate of drug-likeness (QED) is 0.151. The van der Waals surface area contributed by atoms with Crippen molar-refractivity contribution >= 4 is 30.5 Å². The number of phosphoric ester groups is 1. The Morgan fingerprint density at radius 1 is 1.05 bits per heavy atom. The molecule has 11 heteroatoms. The standard InChI is InChI=1S/C32H36N5O5P/c1-9-29(38)36-26-14-24(17-34-19-26)25-15-27-28(23-12-10-11-22(13-23)16-33)20-37(30(27)35-18-25)21(2)40-43(39,41-31(3,4)5)42-32(6,7)8/h9-15,17-21H,1H2,2-8H3,(H,36,38). The fourth-order valence-corrected chi connectivity index (χ4v) is 6.32. The van der Waals surface area contributed by atoms with Crippen LogP contribution in [0.15, 0.2) is 73.8 Å². The third-order valence-corrected chi connectivity index (χ3v) is 8.05. The van der Waals surface area contributed by atoms with Crippen LogP contribution in [0.5, 0.6) is 0 Å². The van der Waals surface area contributed by atoms with Crippen molar-refractivity contribution in [2.75, 3.05) is 5.32 Å². The van der Waals surface area contributed by atoms with E-state index >= 15 is 0 Å². The molecule has 0 spiro atoms. The normalized spacial score (nSPS) is 13.0. The number of pyridine rings is 2. The number of anilines is 1. The Bertz CT molecular complexity index is 1740. The number of carbonyl (C=O) groups excluding carboxylic acids is 1. The Balaban J connectivity index is 1.84. The smallest absolute Gasteiger partial charge is 0.321 e. The van der Waals surface area contributed by atoms with Gasteiger partial charge >= 0.3 is 7.82 Å². The summed E-state index contributed by atoms with van der Waals surface area (Å²) in [5.41, 5.74) is 3.01. The number of fused-ring (bicyclic) bond motifs is 1. The van der Waals surface area contributed by atoms with E-state index in [2.05, 4.69) is 22.9 Å². The molecule has 0 saturated heterocycles. The number of carbonyl (C=O) groups is 1. The third kappa shape index (κ3) is 8.04. The second kappa shape index (κ2) is 12.2. The van der Waals surface area contributed by atoms with Crippen molar-refractivity contribution in [3.05, 3.63) is 79.4 Å². The minimum Gasteiger partial charge on any atom is -0.321 e. The van der Waals surface area contributed by atoms with E-state index in [9.17, 15) is 14.6 Å². The van der Waals surface area contributed by atoms with Crippen LogP contribution >= 0.6 is 7.82 Å². The van der Waals surface area contributed by atoms with Gasteiger partial charge in [0.1, 0.15) is 11.9 Å². The van der Waals surface area contributed by atoms with Gasteiger partial charge in [0, 0.05) is 40.7 Å². The summed E-state index contributed by atoms with van der Waals surface area (Å²) in [6.07, 6.45) is 7.13. The van der Waals surface area contributed by atoms with Gasteiger partial charge in [-0.25, -0.2) is 9.55 Å². The average Bonchev–Trinajstić information content (AvgIpc) is 3.30. The zero-order valence-electron chi connectivity index (χ0n) is 25.4. The molecule has 43 heavy (non-hydrogen) atoms. The van der Waals surface area contributed by atoms with Crippen LogP contribution in [0.3, 0.4) is 0 Å². The second-order valence-electron chi connectivity index (χ2n) is 12.0. The molecule has 4 aromatic rings. The highest BCUT2D eigenvalue weighted by atomic mass is 31.2. The Labute approximate surface area is 251 Å². The van der Waals surface area contributed by atoms with Crippen molar-refractivity contribution in [3.63, 3.8) is 0 Å². The minimum atomic E-state index is -4.06. The number of phosphoric acid groups is 1. The monoisotopic (exact) mass is 601 g/mol. The van der Waals surface area contributed by atoms with Gasteiger partial charge in [0.2, 0.25) is 5.91 Å². The zero-order chi connectivity index (χ0) is 31.6. The number of aromatic nitrogens is 3. The summed E-state index contributed by atoms with van der Waals surface area (Å²) >= 11 is 0. The molecule has 0 aliphatic rings. The van der Waals surface area contributed by atoms with Gasteiger partial charge in [-0.2, -0.15) is 5.26 Å². The number of nitrogens with one attached hydrogen (secondary N) is 1. The lowest BCUT2D eigenvalue weighted by atomic mass is 10.0.